The van der Waals surface area contributed by atoms with Gasteiger partial charge in [-0.3, -0.25) is 4.57 Å². The highest BCUT2D eigenvalue weighted by Gasteiger charge is 2.17. The fourth-order valence-electron chi connectivity index (χ4n) is 4.16. The number of rotatable bonds is 5. The average Bonchev–Trinajstić information content (AvgIpc) is 3.23. The van der Waals surface area contributed by atoms with E-state index >= 15 is 0 Å². The minimum Gasteiger partial charge on any atom is -0.456 e. The van der Waals surface area contributed by atoms with Crippen LogP contribution in [0.25, 0.3) is 27.6 Å². The van der Waals surface area contributed by atoms with Crippen molar-refractivity contribution in [2.45, 2.75) is 0 Å². The minimum atomic E-state index is 0.442. The largest absolute Gasteiger partial charge is 0.456 e. The van der Waals surface area contributed by atoms with E-state index in [1.807, 2.05) is 72.8 Å². The lowest BCUT2D eigenvalue weighted by Gasteiger charge is -2.11. The molecule has 0 bridgehead atoms. The second kappa shape index (κ2) is 8.65. The summed E-state index contributed by atoms with van der Waals surface area (Å²) >= 11 is 0. The summed E-state index contributed by atoms with van der Waals surface area (Å²) in [5.74, 6) is 2.87. The topological polar surface area (TPSA) is 73.0 Å². The van der Waals surface area contributed by atoms with Crippen LogP contribution >= 0.6 is 0 Å². The molecule has 0 saturated carbocycles. The Morgan fingerprint density at radius 2 is 1.43 bits per heavy atom. The van der Waals surface area contributed by atoms with E-state index in [9.17, 15) is 5.26 Å². The van der Waals surface area contributed by atoms with Crippen LogP contribution in [-0.4, -0.2) is 14.5 Å². The lowest BCUT2D eigenvalue weighted by Crippen LogP contribution is -1.97. The molecule has 166 valence electrons. The Labute approximate surface area is 201 Å². The number of para-hydroxylation sites is 1. The van der Waals surface area contributed by atoms with Crippen LogP contribution in [0.1, 0.15) is 5.56 Å². The van der Waals surface area contributed by atoms with Gasteiger partial charge in [0.2, 0.25) is 5.88 Å². The monoisotopic (exact) mass is 454 g/mol. The van der Waals surface area contributed by atoms with Crippen LogP contribution in [0.4, 0.5) is 0 Å². The van der Waals surface area contributed by atoms with E-state index < -0.39 is 0 Å². The van der Waals surface area contributed by atoms with E-state index in [-0.39, 0.29) is 0 Å². The van der Waals surface area contributed by atoms with Gasteiger partial charge in [-0.25, -0.2) is 9.97 Å². The van der Waals surface area contributed by atoms with Gasteiger partial charge in [-0.2, -0.15) is 5.26 Å². The molecule has 0 N–H and O–H groups in total. The number of nitriles is 1. The lowest BCUT2D eigenvalue weighted by molar-refractivity contribution is 0.449. The molecule has 0 aliphatic rings. The zero-order valence-electron chi connectivity index (χ0n) is 18.5. The van der Waals surface area contributed by atoms with E-state index in [4.69, 9.17) is 9.47 Å². The summed E-state index contributed by atoms with van der Waals surface area (Å²) in [5, 5.41) is 11.9. The van der Waals surface area contributed by atoms with Crippen LogP contribution in [0.3, 0.4) is 0 Å². The molecule has 35 heavy (non-hydrogen) atoms. The van der Waals surface area contributed by atoms with Gasteiger partial charge in [0, 0.05) is 41.4 Å². The van der Waals surface area contributed by atoms with Crippen LogP contribution in [0.15, 0.2) is 109 Å². The molecule has 0 unspecified atom stereocenters. The molecular formula is C29H18N4O2. The van der Waals surface area contributed by atoms with Crippen LogP contribution in [0, 0.1) is 11.3 Å². The number of benzene rings is 3. The highest BCUT2D eigenvalue weighted by molar-refractivity contribution is 6.10. The first kappa shape index (κ1) is 20.5. The van der Waals surface area contributed by atoms with Gasteiger partial charge in [0.1, 0.15) is 29.1 Å². The highest BCUT2D eigenvalue weighted by atomic mass is 16.5. The first-order chi connectivity index (χ1) is 17.3. The normalized spacial score (nSPS) is 10.8. The Kier molecular flexibility index (Phi) is 5.06. The van der Waals surface area contributed by atoms with Gasteiger partial charge >= 0.3 is 0 Å². The van der Waals surface area contributed by atoms with Crippen LogP contribution in [-0.2, 0) is 0 Å². The van der Waals surface area contributed by atoms with E-state index in [1.165, 1.54) is 0 Å². The molecule has 3 heterocycles. The van der Waals surface area contributed by atoms with Crippen molar-refractivity contribution in [3.05, 3.63) is 115 Å². The summed E-state index contributed by atoms with van der Waals surface area (Å²) in [4.78, 5) is 8.76. The molecule has 0 saturated heterocycles. The predicted octanol–water partition coefficient (Wildman–Crippen LogP) is 7.03. The molecule has 0 amide bonds. The molecule has 3 aromatic heterocycles. The van der Waals surface area contributed by atoms with Crippen molar-refractivity contribution in [2.24, 2.45) is 0 Å². The molecule has 6 aromatic rings. The Balaban J connectivity index is 1.46. The van der Waals surface area contributed by atoms with Crippen molar-refractivity contribution < 1.29 is 9.47 Å². The smallest absolute Gasteiger partial charge is 0.219 e. The molecule has 6 nitrogen and oxygen atoms in total. The SMILES string of the molecule is N#Cc1cc2c3ccccc3n(-c3ccccn3)c2cc1Oc1cccc(Oc2ccccn2)c1. The summed E-state index contributed by atoms with van der Waals surface area (Å²) < 4.78 is 14.1. The Hall–Kier alpha value is -5.15. The molecule has 0 spiro atoms. The summed E-state index contributed by atoms with van der Waals surface area (Å²) in [6.45, 7) is 0. The van der Waals surface area contributed by atoms with Gasteiger partial charge in [0.05, 0.1) is 16.6 Å². The number of pyridine rings is 2. The number of nitrogens with zero attached hydrogens (tertiary/aromatic N) is 4. The van der Waals surface area contributed by atoms with Crippen molar-refractivity contribution in [1.82, 2.24) is 14.5 Å². The third kappa shape index (κ3) is 3.81. The molecule has 0 aliphatic heterocycles. The van der Waals surface area contributed by atoms with Crippen molar-refractivity contribution >= 4 is 21.8 Å². The standard InChI is InChI=1S/C29H18N4O2/c30-19-20-16-24-23-10-1-2-11-25(23)33(28-12-3-5-14-31-28)26(24)18-27(20)34-21-8-7-9-22(17-21)35-29-13-4-6-15-32-29/h1-18H. The summed E-state index contributed by atoms with van der Waals surface area (Å²) in [6.07, 6.45) is 3.44. The van der Waals surface area contributed by atoms with Crippen molar-refractivity contribution in [1.29, 1.82) is 5.26 Å². The van der Waals surface area contributed by atoms with Crippen LogP contribution in [0.2, 0.25) is 0 Å². The van der Waals surface area contributed by atoms with Crippen LogP contribution < -0.4 is 9.47 Å². The highest BCUT2D eigenvalue weighted by Crippen LogP contribution is 2.37. The third-order valence-electron chi connectivity index (χ3n) is 5.67. The van der Waals surface area contributed by atoms with E-state index in [0.717, 1.165) is 27.6 Å². The van der Waals surface area contributed by atoms with E-state index in [2.05, 4.69) is 32.7 Å². The molecule has 3 aromatic carbocycles. The first-order valence-corrected chi connectivity index (χ1v) is 11.1. The summed E-state index contributed by atoms with van der Waals surface area (Å²) in [7, 11) is 0. The molecule has 0 fully saturated rings. The quantitative estimate of drug-likeness (QED) is 0.280. The number of hydrogen-bond donors (Lipinski definition) is 0. The fourth-order valence-corrected chi connectivity index (χ4v) is 4.16. The zero-order chi connectivity index (χ0) is 23.6. The first-order valence-electron chi connectivity index (χ1n) is 11.1. The average molecular weight is 454 g/mol. The maximum atomic E-state index is 9.92. The molecule has 0 atom stereocenters. The van der Waals surface area contributed by atoms with Gasteiger partial charge in [-0.05, 0) is 42.5 Å². The molecule has 6 heteroatoms. The number of ether oxygens (including phenoxy) is 2. The Morgan fingerprint density at radius 3 is 2.20 bits per heavy atom. The minimum absolute atomic E-state index is 0.442. The summed E-state index contributed by atoms with van der Waals surface area (Å²) in [5.41, 5.74) is 2.35. The Bertz CT molecular complexity index is 1700. The lowest BCUT2D eigenvalue weighted by atomic mass is 10.1. The van der Waals surface area contributed by atoms with Gasteiger partial charge < -0.3 is 9.47 Å². The number of fused-ring (bicyclic) bond motifs is 3. The molecule has 0 radical (unpaired) electrons. The maximum absolute atomic E-state index is 9.92. The molecule has 6 rings (SSSR count). The zero-order valence-corrected chi connectivity index (χ0v) is 18.5. The van der Waals surface area contributed by atoms with E-state index in [1.54, 1.807) is 24.5 Å². The molecular weight excluding hydrogens is 436 g/mol. The van der Waals surface area contributed by atoms with Gasteiger partial charge in [-0.15, -0.1) is 0 Å². The fraction of sp³-hybridized carbons (Fsp3) is 0. The van der Waals surface area contributed by atoms with Gasteiger partial charge in [0.15, 0.2) is 0 Å². The number of aromatic nitrogens is 3. The van der Waals surface area contributed by atoms with Crippen molar-refractivity contribution in [3.63, 3.8) is 0 Å². The second-order valence-electron chi connectivity index (χ2n) is 7.86. The van der Waals surface area contributed by atoms with E-state index in [0.29, 0.717) is 28.7 Å². The third-order valence-corrected chi connectivity index (χ3v) is 5.67. The van der Waals surface area contributed by atoms with Crippen molar-refractivity contribution in [2.75, 3.05) is 0 Å². The summed E-state index contributed by atoms with van der Waals surface area (Å²) in [6, 6.07) is 32.7. The van der Waals surface area contributed by atoms with Gasteiger partial charge in [-0.1, -0.05) is 36.4 Å². The van der Waals surface area contributed by atoms with Crippen molar-refractivity contribution in [3.8, 4) is 35.0 Å². The number of hydrogen-bond acceptors (Lipinski definition) is 5. The molecule has 0 aliphatic carbocycles. The van der Waals surface area contributed by atoms with Gasteiger partial charge in [0.25, 0.3) is 0 Å². The predicted molar refractivity (Wildman–Crippen MR) is 134 cm³/mol. The Morgan fingerprint density at radius 1 is 0.657 bits per heavy atom. The van der Waals surface area contributed by atoms with Crippen LogP contribution in [0.5, 0.6) is 23.1 Å². The maximum Gasteiger partial charge on any atom is 0.219 e. The second-order valence-corrected chi connectivity index (χ2v) is 7.86.